The minimum atomic E-state index is -0.945. The number of morpholine rings is 1. The molecule has 1 saturated heterocycles. The molecule has 1 N–H and O–H groups in total. The second kappa shape index (κ2) is 5.05. The maximum atomic E-state index is 11.1. The number of aryl methyl sites for hydroxylation is 1. The molecule has 0 saturated carbocycles. The zero-order chi connectivity index (χ0) is 14.1. The first-order chi connectivity index (χ1) is 9.66. The van der Waals surface area contributed by atoms with E-state index in [9.17, 15) is 4.79 Å². The van der Waals surface area contributed by atoms with Crippen molar-refractivity contribution in [3.63, 3.8) is 0 Å². The van der Waals surface area contributed by atoms with Crippen molar-refractivity contribution in [3.8, 4) is 0 Å². The van der Waals surface area contributed by atoms with Crippen molar-refractivity contribution < 1.29 is 14.6 Å². The molecule has 1 aromatic heterocycles. The number of nitrogens with zero attached hydrogens (tertiary/aromatic N) is 3. The van der Waals surface area contributed by atoms with Gasteiger partial charge >= 0.3 is 5.97 Å². The van der Waals surface area contributed by atoms with Crippen molar-refractivity contribution in [2.24, 2.45) is 0 Å². The fourth-order valence-electron chi connectivity index (χ4n) is 2.45. The molecule has 20 heavy (non-hydrogen) atoms. The molecular formula is C14H15N3O3. The predicted octanol–water partition coefficient (Wildman–Crippen LogP) is 1.23. The normalized spacial score (nSPS) is 19.2. The van der Waals surface area contributed by atoms with E-state index in [1.54, 1.807) is 0 Å². The van der Waals surface area contributed by atoms with Crippen LogP contribution in [-0.4, -0.2) is 47.1 Å². The smallest absolute Gasteiger partial charge is 0.334 e. The van der Waals surface area contributed by atoms with Crippen LogP contribution in [0.15, 0.2) is 24.3 Å². The second-order valence-corrected chi connectivity index (χ2v) is 4.80. The van der Waals surface area contributed by atoms with Crippen LogP contribution in [0, 0.1) is 6.92 Å². The molecule has 1 aliphatic rings. The maximum absolute atomic E-state index is 11.1. The molecule has 1 fully saturated rings. The molecule has 1 aromatic carbocycles. The minimum absolute atomic E-state index is 0.289. The highest BCUT2D eigenvalue weighted by Gasteiger charge is 2.28. The number of fused-ring (bicyclic) bond motifs is 1. The Morgan fingerprint density at radius 1 is 1.35 bits per heavy atom. The highest BCUT2D eigenvalue weighted by Crippen LogP contribution is 2.26. The Bertz CT molecular complexity index is 659. The van der Waals surface area contributed by atoms with Crippen molar-refractivity contribution in [1.82, 2.24) is 10.2 Å². The number of aliphatic carboxylic acids is 1. The van der Waals surface area contributed by atoms with Crippen LogP contribution in [0.2, 0.25) is 0 Å². The number of aromatic nitrogens is 2. The molecule has 6 nitrogen and oxygen atoms in total. The fraction of sp³-hybridized carbons (Fsp3) is 0.357. The third kappa shape index (κ3) is 2.18. The lowest BCUT2D eigenvalue weighted by Gasteiger charge is -2.32. The summed E-state index contributed by atoms with van der Waals surface area (Å²) in [4.78, 5) is 13.0. The fourth-order valence-corrected chi connectivity index (χ4v) is 2.45. The van der Waals surface area contributed by atoms with E-state index in [2.05, 4.69) is 10.2 Å². The van der Waals surface area contributed by atoms with Crippen molar-refractivity contribution >= 4 is 22.6 Å². The van der Waals surface area contributed by atoms with Gasteiger partial charge in [-0.15, -0.1) is 5.10 Å². The number of ether oxygens (including phenoxy) is 1. The van der Waals surface area contributed by atoms with Crippen LogP contribution >= 0.6 is 0 Å². The Labute approximate surface area is 116 Å². The highest BCUT2D eigenvalue weighted by molar-refractivity contribution is 5.93. The van der Waals surface area contributed by atoms with Crippen molar-refractivity contribution in [3.05, 3.63) is 30.0 Å². The van der Waals surface area contributed by atoms with Crippen LogP contribution in [0.1, 0.15) is 5.69 Å². The number of benzene rings is 1. The number of hydrogen-bond acceptors (Lipinski definition) is 5. The minimum Gasteiger partial charge on any atom is -0.479 e. The van der Waals surface area contributed by atoms with Gasteiger partial charge in [0.25, 0.3) is 0 Å². The van der Waals surface area contributed by atoms with Gasteiger partial charge < -0.3 is 14.7 Å². The van der Waals surface area contributed by atoms with Gasteiger partial charge in [0.2, 0.25) is 0 Å². The molecule has 104 valence electrons. The molecule has 0 bridgehead atoms. The number of rotatable bonds is 2. The van der Waals surface area contributed by atoms with Crippen LogP contribution in [0.3, 0.4) is 0 Å². The average Bonchev–Trinajstić information content (AvgIpc) is 2.48. The van der Waals surface area contributed by atoms with Crippen LogP contribution < -0.4 is 4.90 Å². The van der Waals surface area contributed by atoms with E-state index < -0.39 is 12.1 Å². The molecule has 6 heteroatoms. The lowest BCUT2D eigenvalue weighted by molar-refractivity contribution is -0.150. The molecule has 2 aromatic rings. The monoisotopic (exact) mass is 273 g/mol. The van der Waals surface area contributed by atoms with E-state index in [-0.39, 0.29) is 6.54 Å². The zero-order valence-corrected chi connectivity index (χ0v) is 11.1. The Morgan fingerprint density at radius 3 is 2.85 bits per heavy atom. The van der Waals surface area contributed by atoms with Crippen molar-refractivity contribution in [2.75, 3.05) is 24.6 Å². The van der Waals surface area contributed by atoms with E-state index in [0.717, 1.165) is 22.3 Å². The molecule has 2 heterocycles. The molecule has 1 atom stereocenters. The molecule has 0 spiro atoms. The molecule has 0 radical (unpaired) electrons. The van der Waals surface area contributed by atoms with E-state index in [1.807, 2.05) is 36.1 Å². The summed E-state index contributed by atoms with van der Waals surface area (Å²) in [7, 11) is 0. The van der Waals surface area contributed by atoms with Gasteiger partial charge in [-0.25, -0.2) is 4.79 Å². The second-order valence-electron chi connectivity index (χ2n) is 4.80. The third-order valence-corrected chi connectivity index (χ3v) is 3.49. The Balaban J connectivity index is 2.02. The van der Waals surface area contributed by atoms with Crippen LogP contribution in [0.5, 0.6) is 0 Å². The summed E-state index contributed by atoms with van der Waals surface area (Å²) in [5.41, 5.74) is 0.868. The zero-order valence-electron chi connectivity index (χ0n) is 11.1. The van der Waals surface area contributed by atoms with Crippen LogP contribution in [0.4, 0.5) is 5.82 Å². The van der Waals surface area contributed by atoms with E-state index in [4.69, 9.17) is 9.84 Å². The summed E-state index contributed by atoms with van der Waals surface area (Å²) < 4.78 is 5.24. The van der Waals surface area contributed by atoms with Gasteiger partial charge in [0, 0.05) is 17.3 Å². The third-order valence-electron chi connectivity index (χ3n) is 3.49. The first-order valence-corrected chi connectivity index (χ1v) is 6.48. The molecule has 1 unspecified atom stereocenters. The molecule has 1 aliphatic heterocycles. The topological polar surface area (TPSA) is 75.5 Å². The largest absolute Gasteiger partial charge is 0.479 e. The van der Waals surface area contributed by atoms with E-state index in [0.29, 0.717) is 13.2 Å². The summed E-state index contributed by atoms with van der Waals surface area (Å²) in [6.45, 7) is 3.20. The number of anilines is 1. The molecule has 0 aliphatic carbocycles. The number of carboxylic acids is 1. The lowest BCUT2D eigenvalue weighted by Crippen LogP contribution is -2.46. The summed E-state index contributed by atoms with van der Waals surface area (Å²) >= 11 is 0. The van der Waals surface area contributed by atoms with Gasteiger partial charge in [0.05, 0.1) is 18.8 Å². The van der Waals surface area contributed by atoms with Crippen LogP contribution in [0.25, 0.3) is 10.8 Å². The SMILES string of the molecule is Cc1nnc(N2CCOC(C(=O)O)C2)c2ccccc12. The Morgan fingerprint density at radius 2 is 2.10 bits per heavy atom. The summed E-state index contributed by atoms with van der Waals surface area (Å²) in [5, 5.41) is 19.5. The number of carbonyl (C=O) groups is 1. The summed E-state index contributed by atoms with van der Waals surface area (Å²) in [6.07, 6.45) is -0.814. The van der Waals surface area contributed by atoms with Gasteiger partial charge in [0.15, 0.2) is 11.9 Å². The quantitative estimate of drug-likeness (QED) is 0.887. The summed E-state index contributed by atoms with van der Waals surface area (Å²) in [5.74, 6) is -0.222. The number of hydrogen-bond donors (Lipinski definition) is 1. The van der Waals surface area contributed by atoms with Gasteiger partial charge in [-0.1, -0.05) is 24.3 Å². The van der Waals surface area contributed by atoms with Gasteiger partial charge in [-0.2, -0.15) is 5.10 Å². The first kappa shape index (κ1) is 12.8. The van der Waals surface area contributed by atoms with Gasteiger partial charge in [-0.05, 0) is 6.92 Å². The average molecular weight is 273 g/mol. The van der Waals surface area contributed by atoms with Crippen LogP contribution in [-0.2, 0) is 9.53 Å². The number of carboxylic acid groups (broad SMARTS) is 1. The van der Waals surface area contributed by atoms with Gasteiger partial charge in [-0.3, -0.25) is 0 Å². The maximum Gasteiger partial charge on any atom is 0.334 e. The van der Waals surface area contributed by atoms with E-state index in [1.165, 1.54) is 0 Å². The van der Waals surface area contributed by atoms with Gasteiger partial charge in [0.1, 0.15) is 0 Å². The lowest BCUT2D eigenvalue weighted by atomic mass is 10.1. The Hall–Kier alpha value is -2.21. The standard InChI is InChI=1S/C14H15N3O3/c1-9-10-4-2-3-5-11(10)13(16-15-9)17-6-7-20-12(8-17)14(18)19/h2-5,12H,6-8H2,1H3,(H,18,19). The predicted molar refractivity (Wildman–Crippen MR) is 73.9 cm³/mol. The van der Waals surface area contributed by atoms with Crippen molar-refractivity contribution in [2.45, 2.75) is 13.0 Å². The molecule has 0 amide bonds. The molecule has 3 rings (SSSR count). The molecular weight excluding hydrogens is 258 g/mol. The highest BCUT2D eigenvalue weighted by atomic mass is 16.5. The van der Waals surface area contributed by atoms with Crippen molar-refractivity contribution in [1.29, 1.82) is 0 Å². The Kier molecular flexibility index (Phi) is 3.23. The van der Waals surface area contributed by atoms with E-state index >= 15 is 0 Å². The summed E-state index contributed by atoms with van der Waals surface area (Å²) in [6, 6.07) is 7.89. The first-order valence-electron chi connectivity index (χ1n) is 6.48.